The molecule has 1 aliphatic rings. The third kappa shape index (κ3) is 11.3. The van der Waals surface area contributed by atoms with Gasteiger partial charge in [0, 0.05) is 45.8 Å². The molecule has 0 spiro atoms. The highest BCUT2D eigenvalue weighted by molar-refractivity contribution is 14.1. The maximum atomic E-state index is 11.2. The van der Waals surface area contributed by atoms with E-state index < -0.39 is 23.9 Å². The molecular formula is C16H27IN4O8. The number of alkyl halides is 1. The van der Waals surface area contributed by atoms with Gasteiger partial charge in [-0.2, -0.15) is 0 Å². The summed E-state index contributed by atoms with van der Waals surface area (Å²) in [5.41, 5.74) is 0. The van der Waals surface area contributed by atoms with Crippen LogP contribution in [0.3, 0.4) is 0 Å². The summed E-state index contributed by atoms with van der Waals surface area (Å²) in [4.78, 5) is 51.3. The second-order valence-electron chi connectivity index (χ2n) is 6.77. The topological polar surface area (TPSA) is 162 Å². The lowest BCUT2D eigenvalue weighted by Gasteiger charge is -2.35. The van der Waals surface area contributed by atoms with E-state index in [-0.39, 0.29) is 43.3 Å². The Labute approximate surface area is 181 Å². The molecule has 1 saturated heterocycles. The summed E-state index contributed by atoms with van der Waals surface area (Å²) in [6.07, 6.45) is 0. The molecule has 1 atom stereocenters. The third-order valence-electron chi connectivity index (χ3n) is 4.39. The van der Waals surface area contributed by atoms with Gasteiger partial charge in [0.15, 0.2) is 0 Å². The number of carboxylic acid groups (broad SMARTS) is 4. The molecule has 0 aliphatic carbocycles. The Hall–Kier alpha value is -1.55. The van der Waals surface area contributed by atoms with Gasteiger partial charge in [-0.05, 0) is 0 Å². The van der Waals surface area contributed by atoms with Crippen molar-refractivity contribution < 1.29 is 39.6 Å². The quantitative estimate of drug-likeness (QED) is 0.160. The van der Waals surface area contributed by atoms with E-state index in [9.17, 15) is 24.3 Å². The molecular weight excluding hydrogens is 503 g/mol. The van der Waals surface area contributed by atoms with Gasteiger partial charge >= 0.3 is 23.9 Å². The molecule has 1 rings (SSSR count). The van der Waals surface area contributed by atoms with Crippen LogP contribution < -0.4 is 0 Å². The van der Waals surface area contributed by atoms with Crippen LogP contribution in [-0.2, 0) is 19.2 Å². The fourth-order valence-electron chi connectivity index (χ4n) is 3.00. The van der Waals surface area contributed by atoms with Crippen LogP contribution in [0, 0.1) is 0 Å². The maximum absolute atomic E-state index is 11.2. The first-order chi connectivity index (χ1) is 13.6. The lowest BCUT2D eigenvalue weighted by atomic mass is 10.3. The molecule has 29 heavy (non-hydrogen) atoms. The van der Waals surface area contributed by atoms with E-state index in [1.807, 2.05) is 0 Å². The Kier molecular flexibility index (Phi) is 11.3. The summed E-state index contributed by atoms with van der Waals surface area (Å²) in [5.74, 6) is -4.10. The fraction of sp³-hybridized carbons (Fsp3) is 0.750. The van der Waals surface area contributed by atoms with Crippen molar-refractivity contribution >= 4 is 46.5 Å². The highest BCUT2D eigenvalue weighted by atomic mass is 127. The van der Waals surface area contributed by atoms with Crippen LogP contribution in [0.5, 0.6) is 0 Å². The van der Waals surface area contributed by atoms with Gasteiger partial charge in [0.2, 0.25) is 0 Å². The zero-order valence-electron chi connectivity index (χ0n) is 15.9. The van der Waals surface area contributed by atoms with Crippen molar-refractivity contribution in [2.45, 2.75) is 4.05 Å². The van der Waals surface area contributed by atoms with E-state index >= 15 is 0 Å². The first kappa shape index (κ1) is 25.5. The number of carboxylic acids is 4. The molecule has 0 saturated carbocycles. The Morgan fingerprint density at radius 2 is 0.966 bits per heavy atom. The van der Waals surface area contributed by atoms with E-state index in [0.717, 1.165) is 0 Å². The molecule has 12 nitrogen and oxygen atoms in total. The van der Waals surface area contributed by atoms with Crippen LogP contribution in [0.2, 0.25) is 0 Å². The predicted molar refractivity (Wildman–Crippen MR) is 109 cm³/mol. The summed E-state index contributed by atoms with van der Waals surface area (Å²) in [7, 11) is 0. The van der Waals surface area contributed by atoms with Crippen LogP contribution in [0.15, 0.2) is 0 Å². The SMILES string of the molecule is O=C(O)CN1CCN(CC(=O)O)CCN(CC(=O)O)C(I)CN(CC(=O)O)CC1. The lowest BCUT2D eigenvalue weighted by molar-refractivity contribution is -0.141. The van der Waals surface area contributed by atoms with Gasteiger partial charge in [-0.1, -0.05) is 22.6 Å². The summed E-state index contributed by atoms with van der Waals surface area (Å²) in [6.45, 7) is 1.07. The van der Waals surface area contributed by atoms with E-state index in [4.69, 9.17) is 15.3 Å². The molecule has 166 valence electrons. The smallest absolute Gasteiger partial charge is 0.317 e. The minimum absolute atomic E-state index is 0.235. The second-order valence-corrected chi connectivity index (χ2v) is 8.21. The minimum Gasteiger partial charge on any atom is -0.480 e. The van der Waals surface area contributed by atoms with Crippen molar-refractivity contribution in [2.24, 2.45) is 0 Å². The molecule has 0 bridgehead atoms. The molecule has 1 unspecified atom stereocenters. The summed E-state index contributed by atoms with van der Waals surface area (Å²) in [6, 6.07) is 0. The zero-order valence-corrected chi connectivity index (χ0v) is 18.1. The van der Waals surface area contributed by atoms with Crippen molar-refractivity contribution in [2.75, 3.05) is 72.0 Å². The highest BCUT2D eigenvalue weighted by Crippen LogP contribution is 2.12. The number of aliphatic carboxylic acids is 4. The molecule has 13 heteroatoms. The first-order valence-corrected chi connectivity index (χ1v) is 10.2. The molecule has 4 N–H and O–H groups in total. The number of carbonyl (C=O) groups is 4. The highest BCUT2D eigenvalue weighted by Gasteiger charge is 2.25. The molecule has 0 aromatic heterocycles. The Morgan fingerprint density at radius 1 is 0.621 bits per heavy atom. The Morgan fingerprint density at radius 3 is 1.38 bits per heavy atom. The van der Waals surface area contributed by atoms with E-state index in [1.165, 1.54) is 0 Å². The molecule has 0 aromatic carbocycles. The van der Waals surface area contributed by atoms with Gasteiger partial charge < -0.3 is 20.4 Å². The number of hydrogen-bond acceptors (Lipinski definition) is 8. The molecule has 0 aromatic rings. The molecule has 1 aliphatic heterocycles. The van der Waals surface area contributed by atoms with Gasteiger partial charge in [-0.15, -0.1) is 0 Å². The molecule has 0 radical (unpaired) electrons. The van der Waals surface area contributed by atoms with Gasteiger partial charge in [0.25, 0.3) is 0 Å². The van der Waals surface area contributed by atoms with Gasteiger partial charge in [0.1, 0.15) is 0 Å². The van der Waals surface area contributed by atoms with Gasteiger partial charge in [0.05, 0.1) is 30.2 Å². The third-order valence-corrected chi connectivity index (χ3v) is 5.57. The van der Waals surface area contributed by atoms with Crippen LogP contribution in [0.25, 0.3) is 0 Å². The molecule has 0 amide bonds. The monoisotopic (exact) mass is 530 g/mol. The first-order valence-electron chi connectivity index (χ1n) is 8.99. The van der Waals surface area contributed by atoms with E-state index in [2.05, 4.69) is 22.6 Å². The Bertz CT molecular complexity index is 593. The van der Waals surface area contributed by atoms with Gasteiger partial charge in [-0.25, -0.2) is 0 Å². The second kappa shape index (κ2) is 12.9. The number of rotatable bonds is 8. The fourth-order valence-corrected chi connectivity index (χ4v) is 4.04. The lowest BCUT2D eigenvalue weighted by Crippen LogP contribution is -2.51. The van der Waals surface area contributed by atoms with Crippen molar-refractivity contribution in [1.29, 1.82) is 0 Å². The number of hydrogen-bond donors (Lipinski definition) is 4. The van der Waals surface area contributed by atoms with E-state index in [0.29, 0.717) is 32.7 Å². The average Bonchev–Trinajstić information content (AvgIpc) is 2.57. The van der Waals surface area contributed by atoms with Crippen LogP contribution in [0.1, 0.15) is 0 Å². The number of halogens is 1. The molecule has 1 heterocycles. The van der Waals surface area contributed by atoms with Crippen molar-refractivity contribution in [1.82, 2.24) is 19.6 Å². The minimum atomic E-state index is -1.03. The van der Waals surface area contributed by atoms with Crippen LogP contribution >= 0.6 is 22.6 Å². The summed E-state index contributed by atoms with van der Waals surface area (Å²) in [5, 5.41) is 36.6. The van der Waals surface area contributed by atoms with Crippen LogP contribution in [-0.4, -0.2) is 140 Å². The standard InChI is InChI=1S/C16H27IN4O8/c17-12-7-20(10-15(26)27)4-3-18(8-13(22)23)1-2-19(9-14(24)25)5-6-21(12)11-16(28)29/h12H,1-11H2,(H,22,23)(H,24,25)(H,26,27)(H,28,29). The maximum Gasteiger partial charge on any atom is 0.317 e. The van der Waals surface area contributed by atoms with Crippen molar-refractivity contribution in [3.05, 3.63) is 0 Å². The largest absolute Gasteiger partial charge is 0.480 e. The summed E-state index contributed by atoms with van der Waals surface area (Å²) >= 11 is 2.05. The number of nitrogens with zero attached hydrogens (tertiary/aromatic N) is 4. The summed E-state index contributed by atoms with van der Waals surface area (Å²) < 4.78 is -0.318. The van der Waals surface area contributed by atoms with Crippen LogP contribution in [0.4, 0.5) is 0 Å². The Balaban J connectivity index is 3.01. The average molecular weight is 530 g/mol. The van der Waals surface area contributed by atoms with Crippen molar-refractivity contribution in [3.8, 4) is 0 Å². The zero-order chi connectivity index (χ0) is 22.0. The predicted octanol–water partition coefficient (Wildman–Crippen LogP) is -1.69. The van der Waals surface area contributed by atoms with Crippen molar-refractivity contribution in [3.63, 3.8) is 0 Å². The normalized spacial score (nSPS) is 21.8. The van der Waals surface area contributed by atoms with E-state index in [1.54, 1.807) is 19.6 Å². The van der Waals surface area contributed by atoms with Gasteiger partial charge in [-0.3, -0.25) is 38.8 Å². The molecule has 1 fully saturated rings.